The van der Waals surface area contributed by atoms with Crippen LogP contribution in [0.1, 0.15) is 24.4 Å². The minimum absolute atomic E-state index is 0.0327. The van der Waals surface area contributed by atoms with Crippen molar-refractivity contribution >= 4 is 46.2 Å². The average Bonchev–Trinajstić information content (AvgIpc) is 3.29. The van der Waals surface area contributed by atoms with Gasteiger partial charge in [-0.1, -0.05) is 36.1 Å². The zero-order chi connectivity index (χ0) is 21.1. The molecule has 2 atom stereocenters. The second-order valence-corrected chi connectivity index (χ2v) is 8.24. The van der Waals surface area contributed by atoms with Crippen LogP contribution < -0.4 is 0 Å². The number of thioether (sulfide) groups is 1. The Morgan fingerprint density at radius 2 is 2.03 bits per heavy atom. The van der Waals surface area contributed by atoms with Crippen molar-refractivity contribution < 1.29 is 24.2 Å². The van der Waals surface area contributed by atoms with Crippen LogP contribution in [-0.4, -0.2) is 55.8 Å². The molecule has 152 valence electrons. The molecule has 0 radical (unpaired) electrons. The van der Waals surface area contributed by atoms with Gasteiger partial charge in [0.2, 0.25) is 5.91 Å². The minimum Gasteiger partial charge on any atom is -0.508 e. The zero-order valence-corrected chi connectivity index (χ0v) is 17.4. The fraction of sp³-hybridized carbons (Fsp3) is 0.250. The lowest BCUT2D eigenvalue weighted by Gasteiger charge is -2.28. The molecule has 0 bridgehead atoms. The summed E-state index contributed by atoms with van der Waals surface area (Å²) in [5.41, 5.74) is 0.571. The minimum atomic E-state index is -0.929. The van der Waals surface area contributed by atoms with Crippen molar-refractivity contribution in [1.29, 1.82) is 0 Å². The molecule has 3 rings (SSSR count). The highest BCUT2D eigenvalue weighted by Crippen LogP contribution is 2.34. The van der Waals surface area contributed by atoms with Crippen LogP contribution >= 0.6 is 24.0 Å². The van der Waals surface area contributed by atoms with E-state index in [1.54, 1.807) is 44.3 Å². The van der Waals surface area contributed by atoms with E-state index >= 15 is 0 Å². The first-order chi connectivity index (χ1) is 13.8. The number of nitrogens with zero attached hydrogens (tertiary/aromatic N) is 2. The van der Waals surface area contributed by atoms with E-state index in [0.29, 0.717) is 20.5 Å². The van der Waals surface area contributed by atoms with Gasteiger partial charge in [-0.2, -0.15) is 0 Å². The van der Waals surface area contributed by atoms with Crippen molar-refractivity contribution in [2.24, 2.45) is 0 Å². The Kier molecular flexibility index (Phi) is 6.41. The van der Waals surface area contributed by atoms with Gasteiger partial charge in [0.25, 0.3) is 5.91 Å². The van der Waals surface area contributed by atoms with Crippen LogP contribution in [0.3, 0.4) is 0 Å². The van der Waals surface area contributed by atoms with Crippen LogP contribution in [0.5, 0.6) is 5.75 Å². The van der Waals surface area contributed by atoms with E-state index in [2.05, 4.69) is 0 Å². The summed E-state index contributed by atoms with van der Waals surface area (Å²) in [5.74, 6) is -0.0855. The molecule has 0 spiro atoms. The van der Waals surface area contributed by atoms with Crippen molar-refractivity contribution in [2.75, 3.05) is 13.6 Å². The van der Waals surface area contributed by atoms with Crippen LogP contribution in [0.2, 0.25) is 0 Å². The standard InChI is InChI=1S/C20H20N2O5S2/c1-12(18(25)21(2)11-16(24)13-5-7-14(23)8-6-13)22-19(26)17(29-20(22)28)10-15-4-3-9-27-15/h3-10,12,16,23-24H,11H2,1-2H3/b17-10-/t12-,16+/m1/s1. The van der Waals surface area contributed by atoms with Gasteiger partial charge >= 0.3 is 0 Å². The highest BCUT2D eigenvalue weighted by Gasteiger charge is 2.39. The second-order valence-electron chi connectivity index (χ2n) is 6.57. The first-order valence-electron chi connectivity index (χ1n) is 8.80. The lowest BCUT2D eigenvalue weighted by atomic mass is 10.1. The van der Waals surface area contributed by atoms with E-state index in [1.165, 1.54) is 28.2 Å². The largest absolute Gasteiger partial charge is 0.508 e. The first kappa shape index (κ1) is 21.1. The summed E-state index contributed by atoms with van der Waals surface area (Å²) in [6, 6.07) is 8.73. The van der Waals surface area contributed by atoms with Gasteiger partial charge in [-0.15, -0.1) is 0 Å². The topological polar surface area (TPSA) is 94.2 Å². The second kappa shape index (κ2) is 8.81. The Labute approximate surface area is 177 Å². The summed E-state index contributed by atoms with van der Waals surface area (Å²) in [7, 11) is 1.55. The van der Waals surface area contributed by atoms with Crippen LogP contribution in [0.15, 0.2) is 52.0 Å². The van der Waals surface area contributed by atoms with Crippen molar-refractivity contribution in [1.82, 2.24) is 9.80 Å². The maximum Gasteiger partial charge on any atom is 0.267 e. The molecular formula is C20H20N2O5S2. The third-order valence-electron chi connectivity index (χ3n) is 4.49. The third-order valence-corrected chi connectivity index (χ3v) is 5.82. The van der Waals surface area contributed by atoms with Crippen LogP contribution in [0.4, 0.5) is 0 Å². The summed E-state index contributed by atoms with van der Waals surface area (Å²) in [6.45, 7) is 1.64. The van der Waals surface area contributed by atoms with E-state index < -0.39 is 12.1 Å². The fourth-order valence-electron chi connectivity index (χ4n) is 2.90. The molecule has 9 heteroatoms. The normalized spacial score (nSPS) is 17.6. The molecule has 1 saturated heterocycles. The van der Waals surface area contributed by atoms with Gasteiger partial charge in [0.15, 0.2) is 0 Å². The smallest absolute Gasteiger partial charge is 0.267 e. The van der Waals surface area contributed by atoms with E-state index in [0.717, 1.165) is 11.8 Å². The Morgan fingerprint density at radius 3 is 2.66 bits per heavy atom. The average molecular weight is 433 g/mol. The molecule has 0 aliphatic carbocycles. The van der Waals surface area contributed by atoms with Gasteiger partial charge < -0.3 is 19.5 Å². The number of phenolic OH excluding ortho intramolecular Hbond substituents is 1. The molecule has 1 aromatic carbocycles. The van der Waals surface area contributed by atoms with Gasteiger partial charge in [-0.3, -0.25) is 14.5 Å². The molecule has 2 heterocycles. The quantitative estimate of drug-likeness (QED) is 0.535. The third kappa shape index (κ3) is 4.69. The molecule has 0 unspecified atom stereocenters. The lowest BCUT2D eigenvalue weighted by molar-refractivity contribution is -0.139. The molecule has 1 aliphatic heterocycles. The number of rotatable bonds is 6. The van der Waals surface area contributed by atoms with Gasteiger partial charge in [-0.05, 0) is 36.8 Å². The molecule has 0 saturated carbocycles. The van der Waals surface area contributed by atoms with Crippen LogP contribution in [0, 0.1) is 0 Å². The number of aliphatic hydroxyl groups excluding tert-OH is 1. The maximum absolute atomic E-state index is 12.8. The summed E-state index contributed by atoms with van der Waals surface area (Å²) in [4.78, 5) is 28.6. The van der Waals surface area contributed by atoms with Crippen LogP contribution in [-0.2, 0) is 9.59 Å². The van der Waals surface area contributed by atoms with Crippen molar-refractivity contribution in [2.45, 2.75) is 19.1 Å². The van der Waals surface area contributed by atoms with E-state index in [1.807, 2.05) is 0 Å². The van der Waals surface area contributed by atoms with Gasteiger partial charge in [0, 0.05) is 13.1 Å². The Morgan fingerprint density at radius 1 is 1.34 bits per heavy atom. The zero-order valence-electron chi connectivity index (χ0n) is 15.8. The Hall–Kier alpha value is -2.62. The summed E-state index contributed by atoms with van der Waals surface area (Å²) >= 11 is 6.42. The molecule has 1 aromatic heterocycles. The SMILES string of the molecule is C[C@H](C(=O)N(C)C[C@H](O)c1ccc(O)cc1)N1C(=O)/C(=C/c2ccco2)SC1=S. The summed E-state index contributed by atoms with van der Waals surface area (Å²) in [6.07, 6.45) is 2.17. The molecule has 2 amide bonds. The number of carbonyl (C=O) groups is 2. The predicted octanol–water partition coefficient (Wildman–Crippen LogP) is 2.77. The monoisotopic (exact) mass is 432 g/mol. The van der Waals surface area contributed by atoms with Crippen LogP contribution in [0.25, 0.3) is 6.08 Å². The maximum atomic E-state index is 12.8. The number of hydrogen-bond donors (Lipinski definition) is 2. The molecule has 2 aromatic rings. The van der Waals surface area contributed by atoms with E-state index in [4.69, 9.17) is 16.6 Å². The van der Waals surface area contributed by atoms with Gasteiger partial charge in [0.05, 0.1) is 23.8 Å². The Bertz CT molecular complexity index is 940. The fourth-order valence-corrected chi connectivity index (χ4v) is 4.30. The number of furan rings is 1. The van der Waals surface area contributed by atoms with E-state index in [-0.39, 0.29) is 24.1 Å². The van der Waals surface area contributed by atoms with Crippen molar-refractivity contribution in [3.63, 3.8) is 0 Å². The van der Waals surface area contributed by atoms with Gasteiger partial charge in [-0.25, -0.2) is 0 Å². The number of hydrogen-bond acceptors (Lipinski definition) is 7. The highest BCUT2D eigenvalue weighted by molar-refractivity contribution is 8.26. The highest BCUT2D eigenvalue weighted by atomic mass is 32.2. The molecule has 7 nitrogen and oxygen atoms in total. The van der Waals surface area contributed by atoms with E-state index in [9.17, 15) is 19.8 Å². The number of benzene rings is 1. The Balaban J connectivity index is 1.67. The first-order valence-corrected chi connectivity index (χ1v) is 10.0. The number of thiocarbonyl (C=S) groups is 1. The number of aliphatic hydroxyl groups is 1. The number of carbonyl (C=O) groups excluding carboxylic acids is 2. The predicted molar refractivity (Wildman–Crippen MR) is 114 cm³/mol. The lowest BCUT2D eigenvalue weighted by Crippen LogP contribution is -2.48. The summed E-state index contributed by atoms with van der Waals surface area (Å²) in [5, 5.41) is 19.7. The van der Waals surface area contributed by atoms with Gasteiger partial charge in [0.1, 0.15) is 21.9 Å². The number of amides is 2. The molecule has 1 fully saturated rings. The van der Waals surface area contributed by atoms with Crippen molar-refractivity contribution in [3.8, 4) is 5.75 Å². The molecular weight excluding hydrogens is 412 g/mol. The molecule has 1 aliphatic rings. The number of aromatic hydroxyl groups is 1. The molecule has 2 N–H and O–H groups in total. The number of phenols is 1. The summed E-state index contributed by atoms with van der Waals surface area (Å²) < 4.78 is 5.52. The van der Waals surface area contributed by atoms with Crippen molar-refractivity contribution in [3.05, 3.63) is 58.9 Å². The number of likely N-dealkylation sites (N-methyl/N-ethyl adjacent to an activating group) is 1. The molecule has 29 heavy (non-hydrogen) atoms.